The van der Waals surface area contributed by atoms with Gasteiger partial charge in [0, 0.05) is 28.8 Å². The number of thiazole rings is 1. The Morgan fingerprint density at radius 3 is 2.68 bits per heavy atom. The summed E-state index contributed by atoms with van der Waals surface area (Å²) in [5.41, 5.74) is 7.85. The average molecular weight is 278 g/mol. The van der Waals surface area contributed by atoms with Crippen LogP contribution >= 0.6 is 11.3 Å². The van der Waals surface area contributed by atoms with Crippen molar-refractivity contribution in [1.82, 2.24) is 4.98 Å². The minimum atomic E-state index is 0.160. The molecule has 0 aliphatic rings. The van der Waals surface area contributed by atoms with Crippen molar-refractivity contribution in [2.45, 2.75) is 6.92 Å². The second-order valence-electron chi connectivity index (χ2n) is 4.08. The van der Waals surface area contributed by atoms with Crippen LogP contribution in [0.1, 0.15) is 5.69 Å². The molecule has 5 heteroatoms. The highest BCUT2D eigenvalue weighted by Crippen LogP contribution is 2.25. The van der Waals surface area contributed by atoms with E-state index in [0.29, 0.717) is 17.7 Å². The van der Waals surface area contributed by atoms with Gasteiger partial charge in [-0.1, -0.05) is 0 Å². The molecular formula is C14H15FN2OS. The lowest BCUT2D eigenvalue weighted by Crippen LogP contribution is -2.10. The van der Waals surface area contributed by atoms with Gasteiger partial charge in [-0.15, -0.1) is 11.3 Å². The third-order valence-electron chi connectivity index (χ3n) is 2.56. The van der Waals surface area contributed by atoms with Crippen molar-refractivity contribution in [2.75, 3.05) is 13.2 Å². The van der Waals surface area contributed by atoms with Crippen LogP contribution in [-0.2, 0) is 0 Å². The van der Waals surface area contributed by atoms with Crippen LogP contribution in [0.15, 0.2) is 41.5 Å². The molecule has 0 bridgehead atoms. The zero-order chi connectivity index (χ0) is 13.7. The van der Waals surface area contributed by atoms with Crippen LogP contribution in [0.5, 0.6) is 5.75 Å². The summed E-state index contributed by atoms with van der Waals surface area (Å²) in [6, 6.07) is 7.57. The highest BCUT2D eigenvalue weighted by atomic mass is 32.1. The molecule has 0 unspecified atom stereocenters. The van der Waals surface area contributed by atoms with Crippen LogP contribution in [-0.4, -0.2) is 18.1 Å². The number of aryl methyl sites for hydroxylation is 1. The zero-order valence-corrected chi connectivity index (χ0v) is 11.4. The number of aromatic nitrogens is 1. The number of halogens is 1. The Kier molecular flexibility index (Phi) is 4.65. The van der Waals surface area contributed by atoms with Gasteiger partial charge in [-0.2, -0.15) is 0 Å². The van der Waals surface area contributed by atoms with E-state index in [9.17, 15) is 4.39 Å². The smallest absolute Gasteiger partial charge is 0.123 e. The number of rotatable bonds is 5. The van der Waals surface area contributed by atoms with Gasteiger partial charge in [0.25, 0.3) is 0 Å². The molecule has 2 N–H and O–H groups in total. The summed E-state index contributed by atoms with van der Waals surface area (Å²) in [6.45, 7) is 2.30. The van der Waals surface area contributed by atoms with E-state index in [1.54, 1.807) is 11.3 Å². The summed E-state index contributed by atoms with van der Waals surface area (Å²) in [5, 5.41) is 3.00. The fourth-order valence-electron chi connectivity index (χ4n) is 1.49. The number of nitrogens with zero attached hydrogens (tertiary/aromatic N) is 1. The summed E-state index contributed by atoms with van der Waals surface area (Å²) in [6.07, 6.45) is 0.493. The van der Waals surface area contributed by atoms with Gasteiger partial charge >= 0.3 is 0 Å². The van der Waals surface area contributed by atoms with E-state index < -0.39 is 0 Å². The normalized spacial score (nSPS) is 11.6. The van der Waals surface area contributed by atoms with Crippen LogP contribution in [0.25, 0.3) is 10.6 Å². The fraction of sp³-hybridized carbons (Fsp3) is 0.214. The molecule has 19 heavy (non-hydrogen) atoms. The number of hydrogen-bond donors (Lipinski definition) is 1. The molecule has 0 radical (unpaired) electrons. The van der Waals surface area contributed by atoms with Crippen LogP contribution in [0, 0.1) is 6.92 Å². The molecule has 100 valence electrons. The van der Waals surface area contributed by atoms with E-state index in [4.69, 9.17) is 10.5 Å². The topological polar surface area (TPSA) is 48.1 Å². The summed E-state index contributed by atoms with van der Waals surface area (Å²) in [4.78, 5) is 4.41. The van der Waals surface area contributed by atoms with E-state index in [2.05, 4.69) is 4.98 Å². The first-order chi connectivity index (χ1) is 9.22. The molecule has 1 aromatic carbocycles. The summed E-state index contributed by atoms with van der Waals surface area (Å²) < 4.78 is 17.8. The SMILES string of the molecule is Cc1csc(-c2ccc(OC/C(=C\F)CN)cc2)n1. The number of benzene rings is 1. The molecular weight excluding hydrogens is 263 g/mol. The molecule has 0 amide bonds. The van der Waals surface area contributed by atoms with Crippen LogP contribution in [0.4, 0.5) is 4.39 Å². The maximum absolute atomic E-state index is 12.3. The van der Waals surface area contributed by atoms with Crippen molar-refractivity contribution in [3.05, 3.63) is 47.2 Å². The highest BCUT2D eigenvalue weighted by molar-refractivity contribution is 7.13. The predicted octanol–water partition coefficient (Wildman–Crippen LogP) is 3.31. The van der Waals surface area contributed by atoms with Crippen molar-refractivity contribution in [3.8, 4) is 16.3 Å². The van der Waals surface area contributed by atoms with Crippen LogP contribution in [0.2, 0.25) is 0 Å². The molecule has 1 heterocycles. The maximum Gasteiger partial charge on any atom is 0.123 e. The molecule has 1 aromatic heterocycles. The Balaban J connectivity index is 2.02. The largest absolute Gasteiger partial charge is 0.489 e. The van der Waals surface area contributed by atoms with E-state index >= 15 is 0 Å². The zero-order valence-electron chi connectivity index (χ0n) is 10.6. The van der Waals surface area contributed by atoms with Crippen molar-refractivity contribution >= 4 is 11.3 Å². The molecule has 0 saturated carbocycles. The molecule has 0 saturated heterocycles. The Hall–Kier alpha value is -1.72. The lowest BCUT2D eigenvalue weighted by molar-refractivity contribution is 0.347. The van der Waals surface area contributed by atoms with E-state index in [0.717, 1.165) is 16.3 Å². The Labute approximate surface area is 115 Å². The van der Waals surface area contributed by atoms with Gasteiger partial charge in [-0.05, 0) is 31.2 Å². The first-order valence-corrected chi connectivity index (χ1v) is 6.74. The quantitative estimate of drug-likeness (QED) is 0.912. The lowest BCUT2D eigenvalue weighted by atomic mass is 10.2. The van der Waals surface area contributed by atoms with Gasteiger partial charge in [0.15, 0.2) is 0 Å². The standard InChI is InChI=1S/C14H15FN2OS/c1-10-9-19-14(17-10)12-2-4-13(5-3-12)18-8-11(6-15)7-16/h2-6,9H,7-8,16H2,1H3/b11-6-. The average Bonchev–Trinajstić information content (AvgIpc) is 2.87. The Bertz CT molecular complexity index is 563. The van der Waals surface area contributed by atoms with E-state index in [-0.39, 0.29) is 13.2 Å². The van der Waals surface area contributed by atoms with E-state index in [1.807, 2.05) is 36.6 Å². The van der Waals surface area contributed by atoms with Gasteiger partial charge in [0.1, 0.15) is 17.4 Å². The maximum atomic E-state index is 12.3. The predicted molar refractivity (Wildman–Crippen MR) is 76.0 cm³/mol. The van der Waals surface area contributed by atoms with Gasteiger partial charge < -0.3 is 10.5 Å². The monoisotopic (exact) mass is 278 g/mol. The number of nitrogens with two attached hydrogens (primary N) is 1. The minimum Gasteiger partial charge on any atom is -0.489 e. The molecule has 0 atom stereocenters. The Morgan fingerprint density at radius 2 is 2.16 bits per heavy atom. The van der Waals surface area contributed by atoms with Crippen molar-refractivity contribution < 1.29 is 9.13 Å². The molecule has 0 aliphatic carbocycles. The summed E-state index contributed by atoms with van der Waals surface area (Å²) in [7, 11) is 0. The third kappa shape index (κ3) is 3.62. The van der Waals surface area contributed by atoms with Crippen LogP contribution < -0.4 is 10.5 Å². The number of hydrogen-bond acceptors (Lipinski definition) is 4. The first kappa shape index (κ1) is 13.7. The first-order valence-electron chi connectivity index (χ1n) is 5.86. The molecule has 0 aliphatic heterocycles. The molecule has 3 nitrogen and oxygen atoms in total. The van der Waals surface area contributed by atoms with Crippen LogP contribution in [0.3, 0.4) is 0 Å². The lowest BCUT2D eigenvalue weighted by Gasteiger charge is -2.07. The fourth-order valence-corrected chi connectivity index (χ4v) is 2.30. The van der Waals surface area contributed by atoms with Gasteiger partial charge in [-0.25, -0.2) is 9.37 Å². The molecule has 0 spiro atoms. The van der Waals surface area contributed by atoms with Crippen molar-refractivity contribution in [1.29, 1.82) is 0 Å². The number of ether oxygens (including phenoxy) is 1. The van der Waals surface area contributed by atoms with Gasteiger partial charge in [-0.3, -0.25) is 0 Å². The van der Waals surface area contributed by atoms with E-state index in [1.165, 1.54) is 0 Å². The third-order valence-corrected chi connectivity index (χ3v) is 3.57. The van der Waals surface area contributed by atoms with Gasteiger partial charge in [0.05, 0.1) is 6.33 Å². The van der Waals surface area contributed by atoms with Crippen molar-refractivity contribution in [2.24, 2.45) is 5.73 Å². The molecule has 0 fully saturated rings. The molecule has 2 rings (SSSR count). The second kappa shape index (κ2) is 6.45. The second-order valence-corrected chi connectivity index (χ2v) is 4.94. The van der Waals surface area contributed by atoms with Crippen molar-refractivity contribution in [3.63, 3.8) is 0 Å². The summed E-state index contributed by atoms with van der Waals surface area (Å²) >= 11 is 1.61. The Morgan fingerprint density at radius 1 is 1.42 bits per heavy atom. The highest BCUT2D eigenvalue weighted by Gasteiger charge is 2.03. The summed E-state index contributed by atoms with van der Waals surface area (Å²) in [5.74, 6) is 0.685. The van der Waals surface area contributed by atoms with Gasteiger partial charge in [0.2, 0.25) is 0 Å². The minimum absolute atomic E-state index is 0.160. The molecule has 2 aromatic rings.